The number of nitrogens with zero attached hydrogens (tertiary/aromatic N) is 2. The number of imidazole rings is 1. The number of rotatable bonds is 8. The topological polar surface area (TPSA) is 94.5 Å². The van der Waals surface area contributed by atoms with E-state index in [4.69, 9.17) is 9.47 Å². The Bertz CT molecular complexity index is 1190. The monoisotopic (exact) mass is 488 g/mol. The lowest BCUT2D eigenvalue weighted by Gasteiger charge is -2.30. The minimum atomic E-state index is -0.393. The number of carbonyl (C=O) groups is 2. The molecule has 0 spiro atoms. The van der Waals surface area contributed by atoms with Crippen molar-refractivity contribution in [3.8, 4) is 17.2 Å². The number of benzene rings is 2. The van der Waals surface area contributed by atoms with Crippen LogP contribution in [0.2, 0.25) is 0 Å². The minimum absolute atomic E-state index is 0.0761. The molecule has 0 bridgehead atoms. The second-order valence-electron chi connectivity index (χ2n) is 9.58. The van der Waals surface area contributed by atoms with Crippen LogP contribution in [0.4, 0.5) is 5.69 Å². The molecule has 1 saturated heterocycles. The summed E-state index contributed by atoms with van der Waals surface area (Å²) in [4.78, 5) is 29.4. The number of carbonyl (C=O) groups excluding carboxylic acids is 2. The molecule has 3 aromatic rings. The number of ether oxygens (including phenoxy) is 2. The Kier molecular flexibility index (Phi) is 7.21. The van der Waals surface area contributed by atoms with Gasteiger partial charge in [-0.3, -0.25) is 9.59 Å². The molecule has 1 unspecified atom stereocenters. The number of hydrogen-bond acceptors (Lipinski definition) is 5. The molecular formula is C28H32N4O4. The van der Waals surface area contributed by atoms with E-state index in [-0.39, 0.29) is 30.3 Å². The first-order valence-corrected chi connectivity index (χ1v) is 12.6. The zero-order valence-electron chi connectivity index (χ0n) is 20.5. The first-order chi connectivity index (χ1) is 17.6. The molecule has 1 aliphatic heterocycles. The summed E-state index contributed by atoms with van der Waals surface area (Å²) >= 11 is 0. The summed E-state index contributed by atoms with van der Waals surface area (Å²) in [5.74, 6) is 0.939. The Labute approximate surface area is 211 Å². The Morgan fingerprint density at radius 1 is 1.14 bits per heavy atom. The predicted octanol–water partition coefficient (Wildman–Crippen LogP) is 4.45. The van der Waals surface area contributed by atoms with Crippen LogP contribution in [0.15, 0.2) is 61.2 Å². The summed E-state index contributed by atoms with van der Waals surface area (Å²) < 4.78 is 13.7. The molecule has 1 aromatic heterocycles. The average molecular weight is 489 g/mol. The van der Waals surface area contributed by atoms with Crippen molar-refractivity contribution in [2.24, 2.45) is 5.92 Å². The van der Waals surface area contributed by atoms with Gasteiger partial charge in [0.25, 0.3) is 0 Å². The number of methoxy groups -OCH3 is 1. The molecule has 2 atom stereocenters. The summed E-state index contributed by atoms with van der Waals surface area (Å²) in [5.41, 5.74) is 2.74. The molecule has 2 N–H and O–H groups in total. The van der Waals surface area contributed by atoms with Gasteiger partial charge in [-0.15, -0.1) is 0 Å². The first-order valence-electron chi connectivity index (χ1n) is 12.6. The van der Waals surface area contributed by atoms with Crippen LogP contribution in [0.1, 0.15) is 50.0 Å². The highest BCUT2D eigenvalue weighted by atomic mass is 16.5. The molecule has 1 saturated carbocycles. The highest BCUT2D eigenvalue weighted by Crippen LogP contribution is 2.37. The standard InChI is InChI=1S/C28H32N4O4/c1-35-25-11-6-19(15-26(25)36-24-4-2-3-5-24)21-14-20(28(34)30-17-21)16-27(33)31-22-7-9-23(10-8-22)32-13-12-29-18-32/h6-13,15,18,20-21,24H,2-5,14,16-17H2,1H3,(H,30,34)(H,31,33)/t20?,21-/m1/s1. The Morgan fingerprint density at radius 2 is 1.94 bits per heavy atom. The smallest absolute Gasteiger partial charge is 0.225 e. The van der Waals surface area contributed by atoms with Crippen LogP contribution < -0.4 is 20.1 Å². The number of aromatic nitrogens is 2. The molecule has 2 aliphatic rings. The van der Waals surface area contributed by atoms with Gasteiger partial charge in [0.05, 0.1) is 19.5 Å². The maximum absolute atomic E-state index is 12.8. The molecule has 0 radical (unpaired) electrons. The number of anilines is 1. The van der Waals surface area contributed by atoms with Gasteiger partial charge < -0.3 is 24.7 Å². The van der Waals surface area contributed by atoms with Crippen LogP contribution in [0.3, 0.4) is 0 Å². The van der Waals surface area contributed by atoms with Crippen molar-refractivity contribution in [2.75, 3.05) is 19.0 Å². The lowest BCUT2D eigenvalue weighted by molar-refractivity contribution is -0.130. The molecule has 188 valence electrons. The van der Waals surface area contributed by atoms with E-state index in [0.29, 0.717) is 18.7 Å². The quantitative estimate of drug-likeness (QED) is 0.489. The van der Waals surface area contributed by atoms with Crippen molar-refractivity contribution in [3.63, 3.8) is 0 Å². The fourth-order valence-electron chi connectivity index (χ4n) is 5.12. The van der Waals surface area contributed by atoms with E-state index in [1.165, 1.54) is 12.8 Å². The van der Waals surface area contributed by atoms with Crippen LogP contribution in [0.25, 0.3) is 5.69 Å². The molecule has 2 heterocycles. The normalized spacial score (nSPS) is 20.1. The van der Waals surface area contributed by atoms with Crippen LogP contribution >= 0.6 is 0 Å². The second kappa shape index (κ2) is 10.8. The van der Waals surface area contributed by atoms with Gasteiger partial charge in [-0.25, -0.2) is 4.98 Å². The summed E-state index contributed by atoms with van der Waals surface area (Å²) in [6.45, 7) is 0.544. The second-order valence-corrected chi connectivity index (χ2v) is 9.58. The van der Waals surface area contributed by atoms with Gasteiger partial charge in [0.2, 0.25) is 11.8 Å². The maximum atomic E-state index is 12.8. The van der Waals surface area contributed by atoms with Crippen LogP contribution in [-0.2, 0) is 9.59 Å². The van der Waals surface area contributed by atoms with Crippen molar-refractivity contribution in [1.29, 1.82) is 0 Å². The van der Waals surface area contributed by atoms with Crippen molar-refractivity contribution in [2.45, 2.75) is 50.5 Å². The third kappa shape index (κ3) is 5.53. The van der Waals surface area contributed by atoms with E-state index >= 15 is 0 Å². The summed E-state index contributed by atoms with van der Waals surface area (Å²) in [6, 6.07) is 13.5. The third-order valence-corrected chi connectivity index (χ3v) is 7.10. The Balaban J connectivity index is 1.22. The predicted molar refractivity (Wildman–Crippen MR) is 137 cm³/mol. The number of nitrogens with one attached hydrogen (secondary N) is 2. The molecule has 2 aromatic carbocycles. The molecule has 8 heteroatoms. The van der Waals surface area contributed by atoms with Crippen molar-refractivity contribution in [3.05, 3.63) is 66.7 Å². The zero-order valence-corrected chi connectivity index (χ0v) is 20.5. The van der Waals surface area contributed by atoms with Crippen molar-refractivity contribution in [1.82, 2.24) is 14.9 Å². The number of amides is 2. The van der Waals surface area contributed by atoms with Crippen molar-refractivity contribution >= 4 is 17.5 Å². The fourth-order valence-corrected chi connectivity index (χ4v) is 5.12. The fraction of sp³-hybridized carbons (Fsp3) is 0.393. The van der Waals surface area contributed by atoms with Gasteiger partial charge in [0.1, 0.15) is 0 Å². The molecule has 2 amide bonds. The SMILES string of the molecule is COc1ccc([C@H]2CNC(=O)C(CC(=O)Nc3ccc(-n4ccnc4)cc3)C2)cc1OC1CCCC1. The van der Waals surface area contributed by atoms with Gasteiger partial charge in [-0.1, -0.05) is 6.07 Å². The molecule has 2 fully saturated rings. The van der Waals surface area contributed by atoms with Crippen LogP contribution in [-0.4, -0.2) is 41.1 Å². The van der Waals surface area contributed by atoms with Crippen molar-refractivity contribution < 1.29 is 19.1 Å². The van der Waals surface area contributed by atoms with E-state index < -0.39 is 5.92 Å². The third-order valence-electron chi connectivity index (χ3n) is 7.10. The molecule has 36 heavy (non-hydrogen) atoms. The highest BCUT2D eigenvalue weighted by Gasteiger charge is 2.31. The minimum Gasteiger partial charge on any atom is -0.493 e. The Hall–Kier alpha value is -3.81. The molecule has 5 rings (SSSR count). The van der Waals surface area contributed by atoms with Crippen LogP contribution in [0, 0.1) is 5.92 Å². The summed E-state index contributed by atoms with van der Waals surface area (Å²) in [6.07, 6.45) is 10.8. The van der Waals surface area contributed by atoms with Crippen LogP contribution in [0.5, 0.6) is 11.5 Å². The van der Waals surface area contributed by atoms with Gasteiger partial charge in [-0.05, 0) is 74.1 Å². The number of hydrogen-bond donors (Lipinski definition) is 2. The van der Waals surface area contributed by atoms with Gasteiger partial charge >= 0.3 is 0 Å². The number of piperidine rings is 1. The lowest BCUT2D eigenvalue weighted by Crippen LogP contribution is -2.42. The van der Waals surface area contributed by atoms with Gasteiger partial charge in [-0.2, -0.15) is 0 Å². The van der Waals surface area contributed by atoms with E-state index in [1.807, 2.05) is 53.2 Å². The van der Waals surface area contributed by atoms with E-state index in [1.54, 1.807) is 19.6 Å². The molecule has 8 nitrogen and oxygen atoms in total. The zero-order chi connectivity index (χ0) is 24.9. The van der Waals surface area contributed by atoms with Gasteiger partial charge in [0.15, 0.2) is 11.5 Å². The van der Waals surface area contributed by atoms with Gasteiger partial charge in [0, 0.05) is 48.6 Å². The van der Waals surface area contributed by atoms with E-state index in [9.17, 15) is 9.59 Å². The Morgan fingerprint density at radius 3 is 2.67 bits per heavy atom. The highest BCUT2D eigenvalue weighted by molar-refractivity contribution is 5.94. The lowest BCUT2D eigenvalue weighted by atomic mass is 9.83. The molecular weight excluding hydrogens is 456 g/mol. The van der Waals surface area contributed by atoms with E-state index in [2.05, 4.69) is 15.6 Å². The first kappa shape index (κ1) is 23.9. The summed E-state index contributed by atoms with van der Waals surface area (Å²) in [5, 5.41) is 5.92. The summed E-state index contributed by atoms with van der Waals surface area (Å²) in [7, 11) is 1.65. The molecule has 1 aliphatic carbocycles. The largest absolute Gasteiger partial charge is 0.493 e. The van der Waals surface area contributed by atoms with E-state index in [0.717, 1.165) is 35.6 Å². The maximum Gasteiger partial charge on any atom is 0.225 e. The average Bonchev–Trinajstić information content (AvgIpc) is 3.61.